The van der Waals surface area contributed by atoms with E-state index in [9.17, 15) is 4.79 Å². The van der Waals surface area contributed by atoms with E-state index in [0.717, 1.165) is 23.1 Å². The van der Waals surface area contributed by atoms with Crippen LogP contribution in [0.5, 0.6) is 5.75 Å². The first-order chi connectivity index (χ1) is 12.2. The van der Waals surface area contributed by atoms with Crippen LogP contribution in [-0.4, -0.2) is 19.1 Å². The molecule has 134 valence electrons. The van der Waals surface area contributed by atoms with E-state index >= 15 is 0 Å². The first-order valence-electron chi connectivity index (χ1n) is 8.95. The highest BCUT2D eigenvalue weighted by Crippen LogP contribution is 2.26. The van der Waals surface area contributed by atoms with E-state index in [1.165, 1.54) is 24.8 Å². The quantitative estimate of drug-likeness (QED) is 0.540. The van der Waals surface area contributed by atoms with Crippen molar-refractivity contribution >= 4 is 21.8 Å². The molecule has 0 atom stereocenters. The number of nitrogens with one attached hydrogen (secondary N) is 1. The van der Waals surface area contributed by atoms with Gasteiger partial charge in [0.15, 0.2) is 0 Å². The van der Waals surface area contributed by atoms with Gasteiger partial charge < -0.3 is 10.1 Å². The predicted octanol–water partition coefficient (Wildman–Crippen LogP) is 5.38. The second-order valence-corrected chi connectivity index (χ2v) is 6.90. The summed E-state index contributed by atoms with van der Waals surface area (Å²) in [5.41, 5.74) is 1.86. The molecule has 0 spiro atoms. The van der Waals surface area contributed by atoms with Crippen molar-refractivity contribution in [1.29, 1.82) is 0 Å². The zero-order chi connectivity index (χ0) is 17.9. The summed E-state index contributed by atoms with van der Waals surface area (Å²) in [5, 5.41) is 2.96. The molecule has 0 radical (unpaired) electrons. The summed E-state index contributed by atoms with van der Waals surface area (Å²) in [6.45, 7) is 3.53. The Morgan fingerprint density at radius 3 is 2.60 bits per heavy atom. The molecule has 0 heterocycles. The van der Waals surface area contributed by atoms with Gasteiger partial charge in [-0.25, -0.2) is 0 Å². The van der Waals surface area contributed by atoms with Gasteiger partial charge in [0.2, 0.25) is 0 Å². The molecule has 0 aliphatic rings. The first kappa shape index (κ1) is 19.5. The number of unbranched alkanes of at least 4 members (excludes halogenated alkanes) is 3. The third-order valence-electron chi connectivity index (χ3n) is 3.99. The lowest BCUT2D eigenvalue weighted by atomic mass is 10.1. The molecule has 2 aromatic carbocycles. The lowest BCUT2D eigenvalue weighted by molar-refractivity contribution is 0.0954. The van der Waals surface area contributed by atoms with Crippen molar-refractivity contribution in [2.24, 2.45) is 0 Å². The second-order valence-electron chi connectivity index (χ2n) is 6.05. The molecule has 0 saturated carbocycles. The van der Waals surface area contributed by atoms with Crippen LogP contribution in [0.4, 0.5) is 0 Å². The van der Waals surface area contributed by atoms with Crippen molar-refractivity contribution in [3.8, 4) is 5.75 Å². The van der Waals surface area contributed by atoms with Crippen molar-refractivity contribution in [3.05, 3.63) is 64.1 Å². The van der Waals surface area contributed by atoms with Crippen LogP contribution in [0.25, 0.3) is 0 Å². The Kier molecular flexibility index (Phi) is 8.53. The third kappa shape index (κ3) is 6.91. The number of rotatable bonds is 10. The van der Waals surface area contributed by atoms with Gasteiger partial charge in [-0.3, -0.25) is 4.79 Å². The van der Waals surface area contributed by atoms with Gasteiger partial charge in [-0.2, -0.15) is 0 Å². The van der Waals surface area contributed by atoms with Crippen molar-refractivity contribution in [2.75, 3.05) is 13.2 Å². The molecule has 0 unspecified atom stereocenters. The van der Waals surface area contributed by atoms with E-state index in [2.05, 4.69) is 40.3 Å². The monoisotopic (exact) mass is 403 g/mol. The molecule has 4 heteroatoms. The van der Waals surface area contributed by atoms with Gasteiger partial charge in [-0.15, -0.1) is 0 Å². The zero-order valence-electron chi connectivity index (χ0n) is 14.8. The van der Waals surface area contributed by atoms with E-state index in [1.807, 2.05) is 36.4 Å². The van der Waals surface area contributed by atoms with Crippen molar-refractivity contribution in [1.82, 2.24) is 5.32 Å². The number of carbonyl (C=O) groups excluding carboxylic acids is 1. The van der Waals surface area contributed by atoms with Crippen LogP contribution in [0.2, 0.25) is 0 Å². The molecule has 0 bridgehead atoms. The van der Waals surface area contributed by atoms with Crippen LogP contribution in [0.3, 0.4) is 0 Å². The fraction of sp³-hybridized carbons (Fsp3) is 0.381. The Hall–Kier alpha value is -1.81. The zero-order valence-corrected chi connectivity index (χ0v) is 16.3. The molecule has 0 aromatic heterocycles. The number of hydrogen-bond acceptors (Lipinski definition) is 2. The van der Waals surface area contributed by atoms with Gasteiger partial charge in [-0.05, 0) is 52.5 Å². The van der Waals surface area contributed by atoms with Gasteiger partial charge in [0, 0.05) is 12.1 Å². The summed E-state index contributed by atoms with van der Waals surface area (Å²) in [5.74, 6) is 0.725. The number of benzene rings is 2. The molecule has 3 nitrogen and oxygen atoms in total. The minimum atomic E-state index is -0.0638. The molecule has 1 amide bonds. The molecule has 2 rings (SSSR count). The largest absolute Gasteiger partial charge is 0.492 e. The number of amides is 1. The summed E-state index contributed by atoms with van der Waals surface area (Å²) in [6.07, 6.45) is 5.54. The lowest BCUT2D eigenvalue weighted by Gasteiger charge is -2.10. The number of hydrogen-bond donors (Lipinski definition) is 1. The highest BCUT2D eigenvalue weighted by molar-refractivity contribution is 9.10. The maximum atomic E-state index is 12.3. The molecular formula is C21H26BrNO2. The Morgan fingerprint density at radius 2 is 1.88 bits per heavy atom. The summed E-state index contributed by atoms with van der Waals surface area (Å²) < 4.78 is 6.60. The predicted molar refractivity (Wildman–Crippen MR) is 106 cm³/mol. The molecule has 0 saturated heterocycles. The molecule has 0 aliphatic carbocycles. The van der Waals surface area contributed by atoms with Gasteiger partial charge in [-0.1, -0.05) is 56.5 Å². The van der Waals surface area contributed by atoms with Crippen LogP contribution in [-0.2, 0) is 6.42 Å². The van der Waals surface area contributed by atoms with Crippen molar-refractivity contribution in [2.45, 2.75) is 39.0 Å². The topological polar surface area (TPSA) is 38.3 Å². The Balaban J connectivity index is 1.79. The minimum absolute atomic E-state index is 0.0638. The average Bonchev–Trinajstić information content (AvgIpc) is 2.63. The van der Waals surface area contributed by atoms with Crippen molar-refractivity contribution < 1.29 is 9.53 Å². The summed E-state index contributed by atoms with van der Waals surface area (Å²) in [6, 6.07) is 15.6. The van der Waals surface area contributed by atoms with Crippen molar-refractivity contribution in [3.63, 3.8) is 0 Å². The average molecular weight is 404 g/mol. The smallest absolute Gasteiger partial charge is 0.251 e. The summed E-state index contributed by atoms with van der Waals surface area (Å²) >= 11 is 3.50. The molecule has 0 aliphatic heterocycles. The molecular weight excluding hydrogens is 378 g/mol. The van der Waals surface area contributed by atoms with E-state index in [1.54, 1.807) is 0 Å². The minimum Gasteiger partial charge on any atom is -0.492 e. The Labute approximate surface area is 158 Å². The Bertz CT molecular complexity index is 658. The summed E-state index contributed by atoms with van der Waals surface area (Å²) in [4.78, 5) is 12.3. The van der Waals surface area contributed by atoms with Gasteiger partial charge in [0.05, 0.1) is 11.1 Å². The van der Waals surface area contributed by atoms with Crippen LogP contribution in [0, 0.1) is 0 Å². The molecule has 25 heavy (non-hydrogen) atoms. The van der Waals surface area contributed by atoms with E-state index in [0.29, 0.717) is 18.7 Å². The Morgan fingerprint density at radius 1 is 1.08 bits per heavy atom. The van der Waals surface area contributed by atoms with E-state index < -0.39 is 0 Å². The van der Waals surface area contributed by atoms with Crippen LogP contribution in [0.15, 0.2) is 53.0 Å². The SMILES string of the molecule is CCCCCCOc1ccc(C(=O)NCCc2ccccc2)cc1Br. The normalized spacial score (nSPS) is 10.5. The first-order valence-corrected chi connectivity index (χ1v) is 9.74. The van der Waals surface area contributed by atoms with Crippen LogP contribution < -0.4 is 10.1 Å². The van der Waals surface area contributed by atoms with Gasteiger partial charge in [0.25, 0.3) is 5.91 Å². The number of ether oxygens (including phenoxy) is 1. The standard InChI is InChI=1S/C21H26BrNO2/c1-2-3-4-8-15-25-20-12-11-18(16-19(20)22)21(24)23-14-13-17-9-6-5-7-10-17/h5-7,9-12,16H,2-4,8,13-15H2,1H3,(H,23,24). The number of carbonyl (C=O) groups is 1. The maximum absolute atomic E-state index is 12.3. The van der Waals surface area contributed by atoms with Crippen LogP contribution in [0.1, 0.15) is 48.5 Å². The third-order valence-corrected chi connectivity index (χ3v) is 4.61. The fourth-order valence-electron chi connectivity index (χ4n) is 2.54. The second kappa shape index (κ2) is 10.9. The number of halogens is 1. The molecule has 1 N–H and O–H groups in total. The molecule has 0 fully saturated rings. The van der Waals surface area contributed by atoms with E-state index in [4.69, 9.17) is 4.74 Å². The molecule has 2 aromatic rings. The van der Waals surface area contributed by atoms with Gasteiger partial charge in [0.1, 0.15) is 5.75 Å². The maximum Gasteiger partial charge on any atom is 0.251 e. The highest BCUT2D eigenvalue weighted by Gasteiger charge is 2.09. The van der Waals surface area contributed by atoms with Crippen LogP contribution >= 0.6 is 15.9 Å². The van der Waals surface area contributed by atoms with E-state index in [-0.39, 0.29) is 5.91 Å². The highest BCUT2D eigenvalue weighted by atomic mass is 79.9. The van der Waals surface area contributed by atoms with Gasteiger partial charge >= 0.3 is 0 Å². The summed E-state index contributed by atoms with van der Waals surface area (Å²) in [7, 11) is 0. The fourth-order valence-corrected chi connectivity index (χ4v) is 3.03. The lowest BCUT2D eigenvalue weighted by Crippen LogP contribution is -2.25.